The molecule has 3 nitrogen and oxygen atoms in total. The van der Waals surface area contributed by atoms with Crippen molar-refractivity contribution in [2.45, 2.75) is 0 Å². The van der Waals surface area contributed by atoms with E-state index in [2.05, 4.69) is 0 Å². The van der Waals surface area contributed by atoms with Gasteiger partial charge in [-0.05, 0) is 0 Å². The van der Waals surface area contributed by atoms with Gasteiger partial charge >= 0.3 is 162 Å². The van der Waals surface area contributed by atoms with Crippen LogP contribution >= 0.6 is 0 Å². The van der Waals surface area contributed by atoms with Crippen molar-refractivity contribution in [1.82, 2.24) is 0 Å². The monoisotopic (exact) mass is 182 g/mol. The predicted octanol–water partition coefficient (Wildman–Crippen LogP) is -5.07. The Kier molecular flexibility index (Phi) is 352. The molecule has 0 aromatic rings. The van der Waals surface area contributed by atoms with Crippen LogP contribution in [-0.2, 0) is 0 Å². The molecule has 0 fully saturated rings. The van der Waals surface area contributed by atoms with E-state index < -0.39 is 0 Å². The van der Waals surface area contributed by atoms with Gasteiger partial charge in [-0.2, -0.15) is 0 Å². The first-order valence-electron chi connectivity index (χ1n) is 0. The Morgan fingerprint density at radius 3 is 0.429 bits per heavy atom. The van der Waals surface area contributed by atoms with Crippen LogP contribution in [-0.4, -0.2) is 178 Å². The first-order chi connectivity index (χ1) is 0. The Labute approximate surface area is 172 Å². The fraction of sp³-hybridized carbons (Fsp3) is 0. The zero-order chi connectivity index (χ0) is 0. The third-order valence-corrected chi connectivity index (χ3v) is 0. The maximum atomic E-state index is 0. The van der Waals surface area contributed by atoms with Crippen molar-refractivity contribution in [1.29, 1.82) is 0 Å². The van der Waals surface area contributed by atoms with Gasteiger partial charge in [-0.25, -0.2) is 0 Å². The van der Waals surface area contributed by atoms with Crippen LogP contribution in [0.4, 0.5) is 0 Å². The molecule has 0 aliphatic carbocycles. The van der Waals surface area contributed by atoms with Crippen molar-refractivity contribution >= 4 is 162 Å². The Morgan fingerprint density at radius 2 is 0.429 bits per heavy atom. The predicted molar refractivity (Wildman–Crippen MR) is 39.4 cm³/mol. The van der Waals surface area contributed by atoms with E-state index in [0.29, 0.717) is 0 Å². The molecule has 0 rings (SSSR count). The Balaban J connectivity index is 0. The van der Waals surface area contributed by atoms with Crippen LogP contribution in [0.1, 0.15) is 0 Å². The quantitative estimate of drug-likeness (QED) is 0.335. The molecular weight excluding hydrogens is 172 g/mol. The molecule has 6 N–H and O–H groups in total. The van der Waals surface area contributed by atoms with E-state index in [1.54, 1.807) is 0 Å². The summed E-state index contributed by atoms with van der Waals surface area (Å²) in [6.07, 6.45) is 0. The minimum atomic E-state index is 0. The summed E-state index contributed by atoms with van der Waals surface area (Å²) < 4.78 is 0. The molecule has 7 heteroatoms. The second kappa shape index (κ2) is 43.3. The molecular formula is H10K2Na2O3. The van der Waals surface area contributed by atoms with E-state index in [-0.39, 0.29) is 178 Å². The molecule has 0 amide bonds. The van der Waals surface area contributed by atoms with Crippen molar-refractivity contribution in [3.8, 4) is 0 Å². The second-order valence-corrected chi connectivity index (χ2v) is 0. The summed E-state index contributed by atoms with van der Waals surface area (Å²) in [7, 11) is 0. The van der Waals surface area contributed by atoms with Crippen LogP contribution in [0.5, 0.6) is 0 Å². The Hall–Kier alpha value is 5.15. The molecule has 0 aliphatic rings. The van der Waals surface area contributed by atoms with E-state index in [9.17, 15) is 0 Å². The van der Waals surface area contributed by atoms with Crippen LogP contribution in [0, 0.1) is 0 Å². The first kappa shape index (κ1) is 56.9. The van der Waals surface area contributed by atoms with E-state index >= 15 is 0 Å². The van der Waals surface area contributed by atoms with E-state index in [1.165, 1.54) is 0 Å². The molecule has 0 aromatic heterocycles. The minimum absolute atomic E-state index is 0. The molecule has 0 atom stereocenters. The van der Waals surface area contributed by atoms with Gasteiger partial charge in [0.1, 0.15) is 0 Å². The summed E-state index contributed by atoms with van der Waals surface area (Å²) >= 11 is 0. The van der Waals surface area contributed by atoms with Gasteiger partial charge in [-0.3, -0.25) is 0 Å². The standard InChI is InChI=1S/2K.2Na.3H2O.4H/h;;;;3*1H2;;;;. The van der Waals surface area contributed by atoms with E-state index in [4.69, 9.17) is 0 Å². The zero-order valence-electron chi connectivity index (χ0n) is 1.50. The molecule has 0 spiro atoms. The van der Waals surface area contributed by atoms with Gasteiger partial charge in [0.25, 0.3) is 0 Å². The molecule has 0 radical (unpaired) electrons. The van der Waals surface area contributed by atoms with E-state index in [0.717, 1.165) is 0 Å². The summed E-state index contributed by atoms with van der Waals surface area (Å²) in [6, 6.07) is 0. The van der Waals surface area contributed by atoms with Gasteiger partial charge in [0.05, 0.1) is 0 Å². The van der Waals surface area contributed by atoms with E-state index in [1.807, 2.05) is 0 Å². The molecule has 0 aliphatic heterocycles. The van der Waals surface area contributed by atoms with Gasteiger partial charge in [-0.15, -0.1) is 0 Å². The van der Waals surface area contributed by atoms with Gasteiger partial charge in [0.2, 0.25) is 0 Å². The Bertz CT molecular complexity index is 10.9. The van der Waals surface area contributed by atoms with Crippen LogP contribution in [0.25, 0.3) is 0 Å². The topological polar surface area (TPSA) is 94.5 Å². The summed E-state index contributed by atoms with van der Waals surface area (Å²) in [4.78, 5) is 0. The summed E-state index contributed by atoms with van der Waals surface area (Å²) in [6.45, 7) is 0. The summed E-state index contributed by atoms with van der Waals surface area (Å²) in [5.41, 5.74) is 0. The average molecular weight is 182 g/mol. The van der Waals surface area contributed by atoms with Gasteiger partial charge < -0.3 is 16.4 Å². The maximum absolute atomic E-state index is 0. The molecule has 0 aromatic carbocycles. The molecule has 0 saturated carbocycles. The van der Waals surface area contributed by atoms with Crippen LogP contribution in [0.2, 0.25) is 0 Å². The Morgan fingerprint density at radius 1 is 0.429 bits per heavy atom. The molecule has 32 valence electrons. The second-order valence-electron chi connectivity index (χ2n) is 0. The summed E-state index contributed by atoms with van der Waals surface area (Å²) in [5.74, 6) is 0. The first-order valence-corrected chi connectivity index (χ1v) is 0. The fourth-order valence-electron chi connectivity index (χ4n) is 0. The molecule has 0 saturated heterocycles. The van der Waals surface area contributed by atoms with Crippen molar-refractivity contribution in [3.05, 3.63) is 0 Å². The van der Waals surface area contributed by atoms with Crippen molar-refractivity contribution in [2.24, 2.45) is 0 Å². The fourth-order valence-corrected chi connectivity index (χ4v) is 0. The third kappa shape index (κ3) is 35.2. The number of rotatable bonds is 0. The van der Waals surface area contributed by atoms with Crippen LogP contribution < -0.4 is 0 Å². The molecule has 0 heterocycles. The number of hydrogen-bond donors (Lipinski definition) is 0. The SMILES string of the molecule is O.O.O.[KH].[KH].[NaH].[NaH]. The van der Waals surface area contributed by atoms with Crippen LogP contribution in [0.3, 0.4) is 0 Å². The van der Waals surface area contributed by atoms with Gasteiger partial charge in [0.15, 0.2) is 0 Å². The van der Waals surface area contributed by atoms with Crippen LogP contribution in [0.15, 0.2) is 0 Å². The summed E-state index contributed by atoms with van der Waals surface area (Å²) in [5, 5.41) is 0. The molecule has 7 heavy (non-hydrogen) atoms. The zero-order valence-corrected chi connectivity index (χ0v) is 1.50. The third-order valence-electron chi connectivity index (χ3n) is 0. The average Bonchev–Trinajstić information content (AvgIpc) is 0. The molecule has 0 unspecified atom stereocenters. The van der Waals surface area contributed by atoms with Crippen molar-refractivity contribution < 1.29 is 16.4 Å². The normalized spacial score (nSPS) is 0. The number of hydrogen-bond acceptors (Lipinski definition) is 0. The molecule has 0 bridgehead atoms. The van der Waals surface area contributed by atoms with Crippen molar-refractivity contribution in [3.63, 3.8) is 0 Å². The van der Waals surface area contributed by atoms with Gasteiger partial charge in [0, 0.05) is 0 Å². The van der Waals surface area contributed by atoms with Crippen molar-refractivity contribution in [2.75, 3.05) is 0 Å². The van der Waals surface area contributed by atoms with Gasteiger partial charge in [-0.1, -0.05) is 0 Å².